The fraction of sp³-hybridized carbons (Fsp3) is 0.357. The lowest BCUT2D eigenvalue weighted by Gasteiger charge is -2.28. The second kappa shape index (κ2) is 36.6. The van der Waals surface area contributed by atoms with Gasteiger partial charge in [-0.1, -0.05) is 32.6 Å². The number of carbonyl (C=O) groups is 4. The van der Waals surface area contributed by atoms with Crippen molar-refractivity contribution >= 4 is 79.8 Å². The number of nitrogen functional groups attached to an aromatic ring is 2. The van der Waals surface area contributed by atoms with Crippen LogP contribution >= 0.6 is 11.3 Å². The number of anilines is 6. The van der Waals surface area contributed by atoms with Gasteiger partial charge in [-0.25, -0.2) is 58.0 Å². The number of H-pyrrole nitrogens is 3. The lowest BCUT2D eigenvalue weighted by molar-refractivity contribution is -0.140. The van der Waals surface area contributed by atoms with Crippen LogP contribution < -0.4 is 64.3 Å². The SMILES string of the molecule is C=C(NCC(F)(F)F)[C@H]1CCCN1c1nc(-c2c[nH]c(=O)c(N)c2)ncc1F.CC(C)(Nc1nc(-c2ccc3ncsc3c2)ncc1F)C(=O)NCC(F)(F)F.CC(C)[C@@H](Nc1nc(-c2c[nH]c(=O)c(N)c2)ncc1F)C(=O)NCC(F)(F)F.O=C(NCC(F)(F)F)[C@H]1CCCN1c1ccnc(-c2c[nH]c(C(=O)N3CC=CC3)c2)n1.[HH].[HH].[HH]. The summed E-state index contributed by atoms with van der Waals surface area (Å²) >= 11 is 1.42. The van der Waals surface area contributed by atoms with E-state index in [9.17, 15) is 94.6 Å². The predicted molar refractivity (Wildman–Crippen MR) is 400 cm³/mol. The van der Waals surface area contributed by atoms with E-state index in [-0.39, 0.29) is 67.7 Å². The first-order valence-electron chi connectivity index (χ1n) is 34.5. The highest BCUT2D eigenvalue weighted by atomic mass is 32.1. The third kappa shape index (κ3) is 24.0. The summed E-state index contributed by atoms with van der Waals surface area (Å²) in [6.07, 6.45) is -3.36. The minimum absolute atomic E-state index is 0. The molecule has 3 atom stereocenters. The molecule has 2 fully saturated rings. The molecule has 3 aliphatic rings. The van der Waals surface area contributed by atoms with Gasteiger partial charge in [0.25, 0.3) is 17.0 Å². The van der Waals surface area contributed by atoms with Gasteiger partial charge in [-0.15, -0.1) is 11.3 Å². The molecule has 0 bridgehead atoms. The number of rotatable bonds is 21. The van der Waals surface area contributed by atoms with Crippen molar-refractivity contribution in [1.29, 1.82) is 0 Å². The minimum atomic E-state index is -4.57. The number of benzene rings is 1. The highest BCUT2D eigenvalue weighted by Crippen LogP contribution is 2.33. The number of hydrogen-bond acceptors (Lipinski definition) is 23. The van der Waals surface area contributed by atoms with Gasteiger partial charge in [0.2, 0.25) is 17.7 Å². The highest BCUT2D eigenvalue weighted by Gasteiger charge is 2.39. The molecule has 8 aromatic heterocycles. The Hall–Kier alpha value is -12.5. The van der Waals surface area contributed by atoms with E-state index in [1.54, 1.807) is 81.2 Å². The van der Waals surface area contributed by atoms with E-state index in [1.807, 2.05) is 17.5 Å². The quantitative estimate of drug-likeness (QED) is 0.0235. The summed E-state index contributed by atoms with van der Waals surface area (Å²) in [5.74, 6) is -5.24. The van der Waals surface area contributed by atoms with Crippen LogP contribution in [0.15, 0.2) is 125 Å². The summed E-state index contributed by atoms with van der Waals surface area (Å²) in [7, 11) is 0. The van der Waals surface area contributed by atoms with E-state index >= 15 is 0 Å². The van der Waals surface area contributed by atoms with Crippen LogP contribution in [0.4, 0.5) is 101 Å². The predicted octanol–water partition coefficient (Wildman–Crippen LogP) is 10.5. The molecule has 0 saturated carbocycles. The average Bonchev–Trinajstić information content (AvgIpc) is 1.59. The van der Waals surface area contributed by atoms with Gasteiger partial charge in [-0.3, -0.25) is 28.8 Å². The standard InChI is InChI=1S/C20H21F3N6O2.C17H18F4N6O.C17H15F4N5OS.C16H18F4N6O2.3H2/c21-20(22,23)12-26-18(30)15-4-3-9-29(15)16-5-6-24-17(27-16)13-10-14(25-11-13)19(31)28-7-1-2-8-28;1-9(25-8-17(19,20)21)13-3-2-4-27(13)15-11(18)7-23-14(26-15)10-5-12(22)16(28)24-6-10;1-16(2,15(27)23-7-17(19,20)21)26-14-10(18)6-22-13(25-14)9-3-4-11-12(5-9)28-8-24-11;1-7(2)11(15(28)24-6-16(18,19)20)25-13-9(17)5-22-12(26-13)8-3-10(21)14(27)23-4-8;;;/h1-2,5-6,10-11,15,25H,3-4,7-9,12H2,(H,26,30);5-7,13,25H,1-4,8,22H2,(H,24,28);3-6,8H,7H2,1-2H3,(H,23,27)(H,22,25,26);3-5,7,11H,6,21H2,1-2H3,(H,23,27)(H,24,28)(H,22,25,26);3*1H/t15-;13-;;11-;;;/m11.1.../s1. The number of halogens is 15. The molecule has 4 amide bonds. The van der Waals surface area contributed by atoms with Gasteiger partial charge in [-0.05, 0) is 87.9 Å². The summed E-state index contributed by atoms with van der Waals surface area (Å²) < 4.78 is 192. The molecule has 0 spiro atoms. The second-order valence-corrected chi connectivity index (χ2v) is 27.4. The maximum absolute atomic E-state index is 14.4. The summed E-state index contributed by atoms with van der Waals surface area (Å²) in [5.41, 5.74) is 13.3. The number of amides is 4. The average molecular weight is 1650 g/mol. The lowest BCUT2D eigenvalue weighted by atomic mass is 10.0. The number of nitrogens with one attached hydrogen (secondary N) is 9. The van der Waals surface area contributed by atoms with Crippen molar-refractivity contribution in [3.63, 3.8) is 0 Å². The first-order valence-corrected chi connectivity index (χ1v) is 35.3. The Kier molecular flexibility index (Phi) is 27.5. The van der Waals surface area contributed by atoms with Crippen LogP contribution in [0, 0.1) is 23.4 Å². The normalized spacial score (nSPS) is 15.2. The zero-order chi connectivity index (χ0) is 84.1. The van der Waals surface area contributed by atoms with E-state index in [1.165, 1.54) is 55.9 Å². The molecule has 12 rings (SSSR count). The van der Waals surface area contributed by atoms with Crippen LogP contribution in [0.5, 0.6) is 0 Å². The molecular formula is C70H78F15N23O6S. The molecule has 0 aliphatic carbocycles. The Bertz CT molecular complexity index is 5110. The Labute approximate surface area is 650 Å². The summed E-state index contributed by atoms with van der Waals surface area (Å²) in [6, 6.07) is 8.77. The summed E-state index contributed by atoms with van der Waals surface area (Å²) in [5, 5.41) is 12.8. The van der Waals surface area contributed by atoms with Crippen molar-refractivity contribution in [3.8, 4) is 45.6 Å². The molecule has 1 aromatic carbocycles. The zero-order valence-electron chi connectivity index (χ0n) is 60.9. The number of thiazole rings is 1. The lowest BCUT2D eigenvalue weighted by Crippen LogP contribution is -2.50. The maximum Gasteiger partial charge on any atom is 0.405 e. The Morgan fingerprint density at radius 3 is 1.71 bits per heavy atom. The molecule has 13 N–H and O–H groups in total. The Morgan fingerprint density at radius 2 is 1.11 bits per heavy atom. The number of alkyl halides is 12. The van der Waals surface area contributed by atoms with E-state index < -0.39 is 127 Å². The fourth-order valence-corrected chi connectivity index (χ4v) is 12.0. The van der Waals surface area contributed by atoms with Crippen LogP contribution in [0.2, 0.25) is 0 Å². The first kappa shape index (κ1) is 86.5. The molecule has 620 valence electrons. The van der Waals surface area contributed by atoms with Crippen molar-refractivity contribution < 1.29 is 89.3 Å². The molecule has 115 heavy (non-hydrogen) atoms. The summed E-state index contributed by atoms with van der Waals surface area (Å²) in [6.45, 7) is 5.92. The second-order valence-electron chi connectivity index (χ2n) is 26.5. The third-order valence-electron chi connectivity index (χ3n) is 17.0. The van der Waals surface area contributed by atoms with E-state index in [0.29, 0.717) is 85.9 Å². The molecule has 9 aromatic rings. The first-order chi connectivity index (χ1) is 54.0. The molecular weight excluding hydrogens is 1580 g/mol. The van der Waals surface area contributed by atoms with Gasteiger partial charge in [0.1, 0.15) is 55.3 Å². The highest BCUT2D eigenvalue weighted by molar-refractivity contribution is 7.16. The van der Waals surface area contributed by atoms with Gasteiger partial charge in [0.05, 0.1) is 51.7 Å². The van der Waals surface area contributed by atoms with Crippen LogP contribution in [-0.2, 0) is 14.4 Å². The minimum Gasteiger partial charge on any atom is -0.394 e. The van der Waals surface area contributed by atoms with Gasteiger partial charge in [0.15, 0.2) is 58.2 Å². The van der Waals surface area contributed by atoms with Gasteiger partial charge >= 0.3 is 24.7 Å². The van der Waals surface area contributed by atoms with Crippen molar-refractivity contribution in [2.75, 3.05) is 84.3 Å². The molecule has 29 nitrogen and oxygen atoms in total. The molecule has 2 saturated heterocycles. The van der Waals surface area contributed by atoms with Crippen molar-refractivity contribution in [2.24, 2.45) is 5.92 Å². The van der Waals surface area contributed by atoms with Crippen molar-refractivity contribution in [3.05, 3.63) is 160 Å². The molecule has 0 unspecified atom stereocenters. The Morgan fingerprint density at radius 1 is 0.600 bits per heavy atom. The smallest absolute Gasteiger partial charge is 0.394 e. The maximum atomic E-state index is 14.4. The molecule has 45 heteroatoms. The number of nitrogens with two attached hydrogens (primary N) is 2. The summed E-state index contributed by atoms with van der Waals surface area (Å²) in [4.78, 5) is 121. The number of aromatic amines is 3. The van der Waals surface area contributed by atoms with Crippen LogP contribution in [0.1, 0.15) is 68.1 Å². The van der Waals surface area contributed by atoms with Crippen molar-refractivity contribution in [1.82, 2.24) is 86.0 Å². The van der Waals surface area contributed by atoms with E-state index in [4.69, 9.17) is 11.5 Å². The number of carbonyl (C=O) groups excluding carboxylic acids is 4. The third-order valence-corrected chi connectivity index (χ3v) is 17.8. The van der Waals surface area contributed by atoms with E-state index in [0.717, 1.165) is 28.8 Å². The molecule has 0 radical (unpaired) electrons. The topological polar surface area (TPSA) is 400 Å². The fourth-order valence-electron chi connectivity index (χ4n) is 11.3. The number of pyridine rings is 2. The largest absolute Gasteiger partial charge is 0.405 e. The number of hydrogen-bond donors (Lipinski definition) is 11. The Balaban J connectivity index is 0.000000242. The molecule has 3 aliphatic heterocycles. The van der Waals surface area contributed by atoms with Crippen LogP contribution in [0.3, 0.4) is 0 Å². The van der Waals surface area contributed by atoms with Gasteiger partial charge in [-0.2, -0.15) is 52.7 Å². The van der Waals surface area contributed by atoms with Gasteiger partial charge in [0, 0.05) is 83.2 Å². The van der Waals surface area contributed by atoms with Crippen LogP contribution in [-0.4, -0.2) is 189 Å². The van der Waals surface area contributed by atoms with Crippen molar-refractivity contribution in [2.45, 2.75) is 102 Å². The number of nitrogens with zero attached hydrogens (tertiary/aromatic N) is 12. The number of fused-ring (bicyclic) bond motifs is 1. The molecule has 11 heterocycles. The van der Waals surface area contributed by atoms with Gasteiger partial charge < -0.3 is 73.0 Å². The number of aromatic nitrogens is 12. The van der Waals surface area contributed by atoms with Crippen LogP contribution in [0.25, 0.3) is 55.8 Å². The zero-order valence-corrected chi connectivity index (χ0v) is 61.7. The monoisotopic (exact) mass is 1650 g/mol. The van der Waals surface area contributed by atoms with E-state index in [2.05, 4.69) is 82.3 Å².